The van der Waals surface area contributed by atoms with Crippen molar-refractivity contribution >= 4 is 40.6 Å². The number of nitrogens with one attached hydrogen (secondary N) is 1. The number of carbonyl (C=O) groups is 2. The van der Waals surface area contributed by atoms with Crippen LogP contribution in [0.1, 0.15) is 19.8 Å². The van der Waals surface area contributed by atoms with Gasteiger partial charge in [-0.1, -0.05) is 12.2 Å². The first-order chi connectivity index (χ1) is 13.9. The molecule has 7 nitrogen and oxygen atoms in total. The molecule has 156 valence electrons. The first kappa shape index (κ1) is 19.9. The number of benzene rings is 1. The number of cyclic esters (lactones) is 1. The van der Waals surface area contributed by atoms with Crippen LogP contribution in [0.5, 0.6) is 0 Å². The van der Waals surface area contributed by atoms with Crippen LogP contribution in [0.3, 0.4) is 0 Å². The maximum absolute atomic E-state index is 14.8. The Bertz CT molecular complexity index is 824. The minimum absolute atomic E-state index is 0.0370. The van der Waals surface area contributed by atoms with E-state index in [1.54, 1.807) is 24.0 Å². The normalized spacial score (nSPS) is 21.9. The molecule has 29 heavy (non-hydrogen) atoms. The van der Waals surface area contributed by atoms with Crippen LogP contribution in [0.15, 0.2) is 18.2 Å². The molecule has 0 bridgehead atoms. The third-order valence-corrected chi connectivity index (χ3v) is 6.11. The number of ether oxygens (including phenoxy) is 1. The first-order valence-corrected chi connectivity index (χ1v) is 10.4. The van der Waals surface area contributed by atoms with Gasteiger partial charge in [0.1, 0.15) is 11.9 Å². The fourth-order valence-corrected chi connectivity index (χ4v) is 4.04. The predicted molar refractivity (Wildman–Crippen MR) is 112 cm³/mol. The maximum Gasteiger partial charge on any atom is 0.414 e. The number of hydrogen-bond donors (Lipinski definition) is 1. The molecule has 1 saturated carbocycles. The lowest BCUT2D eigenvalue weighted by Crippen LogP contribution is -2.48. The van der Waals surface area contributed by atoms with E-state index in [9.17, 15) is 14.0 Å². The van der Waals surface area contributed by atoms with Crippen LogP contribution in [0.25, 0.3) is 0 Å². The van der Waals surface area contributed by atoms with E-state index in [4.69, 9.17) is 17.0 Å². The number of carbonyl (C=O) groups excluding carboxylic acids is 2. The van der Waals surface area contributed by atoms with Crippen molar-refractivity contribution in [2.24, 2.45) is 5.92 Å². The van der Waals surface area contributed by atoms with Crippen molar-refractivity contribution < 1.29 is 18.7 Å². The SMILES string of the molecule is CC(=O)N1CCN(c2ccc(N3C[C@H](CNC(=S)C4CC4)OC3=O)cc2F)CC1. The van der Waals surface area contributed by atoms with Crippen molar-refractivity contribution in [2.75, 3.05) is 49.1 Å². The van der Waals surface area contributed by atoms with Gasteiger partial charge in [-0.05, 0) is 31.0 Å². The van der Waals surface area contributed by atoms with Crippen molar-refractivity contribution in [3.63, 3.8) is 0 Å². The van der Waals surface area contributed by atoms with E-state index in [-0.39, 0.29) is 17.8 Å². The van der Waals surface area contributed by atoms with E-state index in [2.05, 4.69) is 5.32 Å². The van der Waals surface area contributed by atoms with Gasteiger partial charge in [0.2, 0.25) is 5.91 Å². The van der Waals surface area contributed by atoms with Crippen molar-refractivity contribution in [1.82, 2.24) is 10.2 Å². The number of nitrogens with zero attached hydrogens (tertiary/aromatic N) is 3. The van der Waals surface area contributed by atoms with Gasteiger partial charge in [-0.2, -0.15) is 0 Å². The third kappa shape index (κ3) is 4.44. The average molecular weight is 421 g/mol. The largest absolute Gasteiger partial charge is 0.442 e. The summed E-state index contributed by atoms with van der Waals surface area (Å²) in [5.41, 5.74) is 0.961. The molecule has 0 radical (unpaired) electrons. The molecule has 1 N–H and O–H groups in total. The van der Waals surface area contributed by atoms with Crippen LogP contribution in [0.4, 0.5) is 20.6 Å². The third-order valence-electron chi connectivity index (χ3n) is 5.63. The summed E-state index contributed by atoms with van der Waals surface area (Å²) in [6.45, 7) is 4.68. The summed E-state index contributed by atoms with van der Waals surface area (Å²) in [5, 5.41) is 3.17. The molecule has 4 rings (SSSR count). The number of halogens is 1. The molecule has 9 heteroatoms. The molecule has 0 unspecified atom stereocenters. The van der Waals surface area contributed by atoms with E-state index in [1.807, 2.05) is 4.90 Å². The lowest BCUT2D eigenvalue weighted by molar-refractivity contribution is -0.129. The molecule has 2 heterocycles. The molecule has 0 spiro atoms. The van der Waals surface area contributed by atoms with Gasteiger partial charge in [-0.3, -0.25) is 9.69 Å². The van der Waals surface area contributed by atoms with Gasteiger partial charge in [-0.25, -0.2) is 9.18 Å². The quantitative estimate of drug-likeness (QED) is 0.737. The smallest absolute Gasteiger partial charge is 0.414 e. The van der Waals surface area contributed by atoms with Crippen molar-refractivity contribution in [2.45, 2.75) is 25.9 Å². The van der Waals surface area contributed by atoms with Gasteiger partial charge in [0.05, 0.1) is 29.5 Å². The Kier molecular flexibility index (Phi) is 5.58. The summed E-state index contributed by atoms with van der Waals surface area (Å²) in [6.07, 6.45) is 1.45. The highest BCUT2D eigenvalue weighted by Gasteiger charge is 2.34. The van der Waals surface area contributed by atoms with Crippen LogP contribution in [0.2, 0.25) is 0 Å². The number of amides is 2. The maximum atomic E-state index is 14.8. The Hall–Kier alpha value is -2.42. The van der Waals surface area contributed by atoms with Gasteiger partial charge >= 0.3 is 6.09 Å². The summed E-state index contributed by atoms with van der Waals surface area (Å²) >= 11 is 5.30. The summed E-state index contributed by atoms with van der Waals surface area (Å²) in [4.78, 5) is 29.7. The van der Waals surface area contributed by atoms with Gasteiger partial charge < -0.3 is 19.9 Å². The van der Waals surface area contributed by atoms with Gasteiger partial charge in [0, 0.05) is 39.0 Å². The second-order valence-corrected chi connectivity index (χ2v) is 8.20. The Balaban J connectivity index is 1.36. The minimum Gasteiger partial charge on any atom is -0.442 e. The van der Waals surface area contributed by atoms with Gasteiger partial charge in [-0.15, -0.1) is 0 Å². The lowest BCUT2D eigenvalue weighted by Gasteiger charge is -2.35. The zero-order chi connectivity index (χ0) is 20.5. The Morgan fingerprint density at radius 2 is 2.00 bits per heavy atom. The van der Waals surface area contributed by atoms with Crippen LogP contribution in [-0.4, -0.2) is 67.3 Å². The lowest BCUT2D eigenvalue weighted by atomic mass is 10.2. The summed E-state index contributed by atoms with van der Waals surface area (Å²) in [7, 11) is 0. The zero-order valence-electron chi connectivity index (χ0n) is 16.4. The second kappa shape index (κ2) is 8.14. The summed E-state index contributed by atoms with van der Waals surface area (Å²) in [5.74, 6) is 0.121. The van der Waals surface area contributed by atoms with E-state index >= 15 is 0 Å². The van der Waals surface area contributed by atoms with Crippen molar-refractivity contribution in [1.29, 1.82) is 0 Å². The molecule has 2 amide bonds. The second-order valence-electron chi connectivity index (χ2n) is 7.76. The molecule has 2 saturated heterocycles. The molecule has 1 aromatic carbocycles. The van der Waals surface area contributed by atoms with Crippen LogP contribution < -0.4 is 15.1 Å². The average Bonchev–Trinajstić information content (AvgIpc) is 3.49. The molecule has 1 atom stereocenters. The molecule has 1 aromatic rings. The number of thiocarbonyl (C=S) groups is 1. The van der Waals surface area contributed by atoms with Crippen LogP contribution >= 0.6 is 12.2 Å². The van der Waals surface area contributed by atoms with E-state index in [0.29, 0.717) is 56.6 Å². The highest BCUT2D eigenvalue weighted by Crippen LogP contribution is 2.30. The highest BCUT2D eigenvalue weighted by molar-refractivity contribution is 7.80. The van der Waals surface area contributed by atoms with Crippen molar-refractivity contribution in [3.05, 3.63) is 24.0 Å². The molecular formula is C20H25FN4O3S. The Labute approximate surface area is 174 Å². The van der Waals surface area contributed by atoms with E-state index in [1.165, 1.54) is 11.0 Å². The number of rotatable bonds is 5. The fraction of sp³-hybridized carbons (Fsp3) is 0.550. The van der Waals surface area contributed by atoms with Gasteiger partial charge in [0.15, 0.2) is 0 Å². The predicted octanol–water partition coefficient (Wildman–Crippen LogP) is 2.15. The zero-order valence-corrected chi connectivity index (χ0v) is 17.2. The fourth-order valence-electron chi connectivity index (χ4n) is 3.73. The Morgan fingerprint density at radius 1 is 1.28 bits per heavy atom. The van der Waals surface area contributed by atoms with E-state index < -0.39 is 6.09 Å². The summed E-state index contributed by atoms with van der Waals surface area (Å²) < 4.78 is 20.2. The number of hydrogen-bond acceptors (Lipinski definition) is 5. The Morgan fingerprint density at radius 3 is 2.62 bits per heavy atom. The molecular weight excluding hydrogens is 395 g/mol. The van der Waals surface area contributed by atoms with Crippen LogP contribution in [-0.2, 0) is 9.53 Å². The molecule has 0 aromatic heterocycles. The molecule has 3 fully saturated rings. The first-order valence-electron chi connectivity index (χ1n) is 9.98. The highest BCUT2D eigenvalue weighted by atomic mass is 32.1. The van der Waals surface area contributed by atoms with E-state index in [0.717, 1.165) is 17.8 Å². The monoisotopic (exact) mass is 420 g/mol. The standard InChI is InChI=1S/C20H25FN4O3S/c1-13(26)23-6-8-24(9-7-23)18-5-4-15(10-17(18)21)25-12-16(28-20(25)27)11-22-19(29)14-2-3-14/h4-5,10,14,16H,2-3,6-9,11-12H2,1H3,(H,22,29)/t16-/m0/s1. The number of anilines is 2. The van der Waals surface area contributed by atoms with Crippen molar-refractivity contribution in [3.8, 4) is 0 Å². The minimum atomic E-state index is -0.476. The topological polar surface area (TPSA) is 65.1 Å². The molecule has 1 aliphatic carbocycles. The summed E-state index contributed by atoms with van der Waals surface area (Å²) in [6, 6.07) is 4.80. The molecule has 2 aliphatic heterocycles. The van der Waals surface area contributed by atoms with Gasteiger partial charge in [0.25, 0.3) is 0 Å². The van der Waals surface area contributed by atoms with Crippen LogP contribution in [0, 0.1) is 11.7 Å². The number of piperazine rings is 1. The molecule has 3 aliphatic rings.